The highest BCUT2D eigenvalue weighted by Crippen LogP contribution is 2.29. The highest BCUT2D eigenvalue weighted by Gasteiger charge is 2.21. The Bertz CT molecular complexity index is 807. The third kappa shape index (κ3) is 9.78. The molecule has 2 atom stereocenters. The van der Waals surface area contributed by atoms with E-state index in [1.807, 2.05) is 0 Å². The number of carbonyl (C=O) groups is 4. The maximum Gasteiger partial charge on any atom is 0.508 e. The maximum absolute atomic E-state index is 12.2. The average Bonchev–Trinajstić information content (AvgIpc) is 2.72. The Labute approximate surface area is 187 Å². The summed E-state index contributed by atoms with van der Waals surface area (Å²) in [6.45, 7) is 7.98. The van der Waals surface area contributed by atoms with Crippen molar-refractivity contribution in [3.05, 3.63) is 23.8 Å². The lowest BCUT2D eigenvalue weighted by atomic mass is 10.1. The molecule has 1 aromatic rings. The molecular weight excluding hydrogens is 422 g/mol. The van der Waals surface area contributed by atoms with E-state index in [-0.39, 0.29) is 43.5 Å². The second-order valence-corrected chi connectivity index (χ2v) is 7.22. The van der Waals surface area contributed by atoms with E-state index < -0.39 is 36.2 Å². The first-order valence-electron chi connectivity index (χ1n) is 10.4. The third-order valence-electron chi connectivity index (χ3n) is 3.88. The minimum absolute atomic E-state index is 0.0578. The summed E-state index contributed by atoms with van der Waals surface area (Å²) in [7, 11) is 0. The lowest BCUT2D eigenvalue weighted by Crippen LogP contribution is -2.36. The van der Waals surface area contributed by atoms with Crippen LogP contribution in [-0.2, 0) is 35.0 Å². The molecule has 0 aromatic heterocycles. The number of benzene rings is 1. The van der Waals surface area contributed by atoms with Crippen LogP contribution in [0.5, 0.6) is 11.5 Å². The van der Waals surface area contributed by atoms with Gasteiger partial charge >= 0.3 is 24.1 Å². The van der Waals surface area contributed by atoms with E-state index in [9.17, 15) is 19.2 Å². The first-order chi connectivity index (χ1) is 15.0. The van der Waals surface area contributed by atoms with Crippen molar-refractivity contribution in [2.75, 3.05) is 6.61 Å². The van der Waals surface area contributed by atoms with E-state index in [1.165, 1.54) is 12.1 Å². The van der Waals surface area contributed by atoms with Gasteiger partial charge in [-0.25, -0.2) is 4.79 Å². The van der Waals surface area contributed by atoms with E-state index in [2.05, 4.69) is 0 Å². The molecule has 10 nitrogen and oxygen atoms in total. The van der Waals surface area contributed by atoms with Gasteiger partial charge in [0.05, 0.1) is 6.10 Å². The van der Waals surface area contributed by atoms with Crippen molar-refractivity contribution >= 4 is 24.1 Å². The molecule has 0 saturated heterocycles. The predicted molar refractivity (Wildman–Crippen MR) is 113 cm³/mol. The molecule has 0 bridgehead atoms. The van der Waals surface area contributed by atoms with Crippen molar-refractivity contribution < 1.29 is 42.9 Å². The fourth-order valence-corrected chi connectivity index (χ4v) is 2.30. The normalized spacial score (nSPS) is 12.5. The molecule has 0 aliphatic carbocycles. The molecule has 0 unspecified atom stereocenters. The zero-order chi connectivity index (χ0) is 24.3. The number of nitrogens with two attached hydrogens (primary N) is 1. The van der Waals surface area contributed by atoms with Gasteiger partial charge in [0.1, 0.15) is 18.8 Å². The van der Waals surface area contributed by atoms with Gasteiger partial charge in [0, 0.05) is 12.8 Å². The van der Waals surface area contributed by atoms with E-state index >= 15 is 0 Å². The highest BCUT2D eigenvalue weighted by atomic mass is 16.7. The van der Waals surface area contributed by atoms with Gasteiger partial charge in [-0.2, -0.15) is 0 Å². The molecule has 2 N–H and O–H groups in total. The first-order valence-corrected chi connectivity index (χ1v) is 10.4. The summed E-state index contributed by atoms with van der Waals surface area (Å²) in [5.74, 6) is -1.54. The molecule has 0 amide bonds. The molecule has 10 heteroatoms. The summed E-state index contributed by atoms with van der Waals surface area (Å²) < 4.78 is 25.3. The number of esters is 3. The first kappa shape index (κ1) is 26.9. The van der Waals surface area contributed by atoms with Gasteiger partial charge in [-0.3, -0.25) is 14.4 Å². The van der Waals surface area contributed by atoms with Gasteiger partial charge < -0.3 is 29.4 Å². The van der Waals surface area contributed by atoms with Crippen LogP contribution in [0, 0.1) is 0 Å². The topological polar surface area (TPSA) is 140 Å². The molecule has 0 fully saturated rings. The Morgan fingerprint density at radius 3 is 2.06 bits per heavy atom. The van der Waals surface area contributed by atoms with Crippen LogP contribution in [0.15, 0.2) is 18.2 Å². The van der Waals surface area contributed by atoms with Crippen molar-refractivity contribution in [1.29, 1.82) is 0 Å². The molecule has 0 aliphatic rings. The predicted octanol–water partition coefficient (Wildman–Crippen LogP) is 2.68. The third-order valence-corrected chi connectivity index (χ3v) is 3.88. The molecule has 1 aromatic carbocycles. The molecule has 178 valence electrons. The lowest BCUT2D eigenvalue weighted by molar-refractivity contribution is -0.148. The van der Waals surface area contributed by atoms with Crippen LogP contribution in [0.4, 0.5) is 4.79 Å². The second-order valence-electron chi connectivity index (χ2n) is 7.22. The summed E-state index contributed by atoms with van der Waals surface area (Å²) in [4.78, 5) is 47.0. The van der Waals surface area contributed by atoms with Crippen molar-refractivity contribution in [2.24, 2.45) is 5.73 Å². The van der Waals surface area contributed by atoms with Gasteiger partial charge in [-0.15, -0.1) is 0 Å². The summed E-state index contributed by atoms with van der Waals surface area (Å²) in [5, 5.41) is 0. The standard InChI is InChI=1S/C22H31NO9/c1-6-19(24)31-17-9-8-15(11-18(17)32-20(25)7-2)10-16(23)21(26)28-12-14(5)30-22(27)29-13(3)4/h8-9,11,13-14,16H,6-7,10,12,23H2,1-5H3/t14-,16-/m0/s1. The summed E-state index contributed by atoms with van der Waals surface area (Å²) in [6.07, 6.45) is -1.55. The van der Waals surface area contributed by atoms with Crippen LogP contribution in [0.3, 0.4) is 0 Å². The Hall–Kier alpha value is -3.14. The summed E-state index contributed by atoms with van der Waals surface area (Å²) >= 11 is 0. The monoisotopic (exact) mass is 453 g/mol. The largest absolute Gasteiger partial charge is 0.508 e. The maximum atomic E-state index is 12.2. The summed E-state index contributed by atoms with van der Waals surface area (Å²) in [5.41, 5.74) is 6.48. The minimum atomic E-state index is -1.02. The number of ether oxygens (including phenoxy) is 5. The van der Waals surface area contributed by atoms with Crippen LogP contribution >= 0.6 is 0 Å². The molecule has 0 radical (unpaired) electrons. The zero-order valence-electron chi connectivity index (χ0n) is 19.0. The number of hydrogen-bond acceptors (Lipinski definition) is 10. The van der Waals surface area contributed by atoms with Crippen molar-refractivity contribution in [3.8, 4) is 11.5 Å². The number of carbonyl (C=O) groups excluding carboxylic acids is 4. The fraction of sp³-hybridized carbons (Fsp3) is 0.545. The van der Waals surface area contributed by atoms with Gasteiger partial charge in [0.2, 0.25) is 0 Å². The Morgan fingerprint density at radius 2 is 1.50 bits per heavy atom. The fourth-order valence-electron chi connectivity index (χ4n) is 2.30. The smallest absolute Gasteiger partial charge is 0.461 e. The van der Waals surface area contributed by atoms with E-state index in [4.69, 9.17) is 29.4 Å². The van der Waals surface area contributed by atoms with Crippen molar-refractivity contribution in [1.82, 2.24) is 0 Å². The Morgan fingerprint density at radius 1 is 0.906 bits per heavy atom. The van der Waals surface area contributed by atoms with Crippen LogP contribution < -0.4 is 15.2 Å². The minimum Gasteiger partial charge on any atom is -0.461 e. The quantitative estimate of drug-likeness (QED) is 0.393. The van der Waals surface area contributed by atoms with Gasteiger partial charge in [-0.1, -0.05) is 19.9 Å². The zero-order valence-corrected chi connectivity index (χ0v) is 19.0. The number of hydrogen-bond donors (Lipinski definition) is 1. The van der Waals surface area contributed by atoms with Crippen LogP contribution in [0.2, 0.25) is 0 Å². The van der Waals surface area contributed by atoms with Crippen LogP contribution in [-0.4, -0.2) is 48.9 Å². The number of rotatable bonds is 11. The van der Waals surface area contributed by atoms with E-state index in [0.29, 0.717) is 5.56 Å². The molecule has 0 heterocycles. The van der Waals surface area contributed by atoms with E-state index in [0.717, 1.165) is 0 Å². The van der Waals surface area contributed by atoms with Gasteiger partial charge in [-0.05, 0) is 44.9 Å². The average molecular weight is 453 g/mol. The van der Waals surface area contributed by atoms with Crippen LogP contribution in [0.25, 0.3) is 0 Å². The molecule has 0 spiro atoms. The Kier molecular flexibility index (Phi) is 11.2. The highest BCUT2D eigenvalue weighted by molar-refractivity contribution is 5.77. The molecular formula is C22H31NO9. The molecule has 0 aliphatic heterocycles. The van der Waals surface area contributed by atoms with E-state index in [1.54, 1.807) is 40.7 Å². The second kappa shape index (κ2) is 13.3. The Balaban J connectivity index is 2.73. The molecule has 0 saturated carbocycles. The summed E-state index contributed by atoms with van der Waals surface area (Å²) in [6, 6.07) is 3.52. The van der Waals surface area contributed by atoms with Crippen molar-refractivity contribution in [3.63, 3.8) is 0 Å². The van der Waals surface area contributed by atoms with Crippen molar-refractivity contribution in [2.45, 2.75) is 72.1 Å². The van der Waals surface area contributed by atoms with Gasteiger partial charge in [0.25, 0.3) is 0 Å². The van der Waals surface area contributed by atoms with Gasteiger partial charge in [0.15, 0.2) is 11.5 Å². The van der Waals surface area contributed by atoms with Crippen LogP contribution in [0.1, 0.15) is 53.0 Å². The molecule has 1 rings (SSSR count). The lowest BCUT2D eigenvalue weighted by Gasteiger charge is -2.17. The molecule has 32 heavy (non-hydrogen) atoms. The SMILES string of the molecule is CCC(=O)Oc1ccc(C[C@H](N)C(=O)OC[C@H](C)OC(=O)OC(C)C)cc1OC(=O)CC.